The van der Waals surface area contributed by atoms with Crippen molar-refractivity contribution < 1.29 is 18.3 Å². The van der Waals surface area contributed by atoms with Crippen molar-refractivity contribution in [3.63, 3.8) is 0 Å². The summed E-state index contributed by atoms with van der Waals surface area (Å²) in [7, 11) is -2.38. The molecule has 1 aromatic rings. The summed E-state index contributed by atoms with van der Waals surface area (Å²) in [6, 6.07) is 3.61. The van der Waals surface area contributed by atoms with E-state index < -0.39 is 15.9 Å². The van der Waals surface area contributed by atoms with Crippen LogP contribution < -0.4 is 11.1 Å². The maximum Gasteiger partial charge on any atom is 0.243 e. The lowest BCUT2D eigenvalue weighted by Gasteiger charge is -2.19. The quantitative estimate of drug-likeness (QED) is 0.510. The maximum absolute atomic E-state index is 12.3. The molecule has 0 bridgehead atoms. The predicted octanol–water partition coefficient (Wildman–Crippen LogP) is -0.269. The van der Waals surface area contributed by atoms with Crippen LogP contribution in [0.1, 0.15) is 6.92 Å². The van der Waals surface area contributed by atoms with Crippen molar-refractivity contribution in [2.75, 3.05) is 25.9 Å². The van der Waals surface area contributed by atoms with Gasteiger partial charge >= 0.3 is 0 Å². The number of amides is 1. The number of sulfonamides is 1. The number of rotatable bonds is 5. The topological polar surface area (TPSA) is 113 Å². The SMILES string of the molecule is CCN(CC(=O)NC)S(=O)(=O)c1ccc(O)c(N)c1. The Hall–Kier alpha value is -1.80. The number of hydrogen-bond donors (Lipinski definition) is 3. The first kappa shape index (κ1) is 15.3. The number of phenolic OH excluding ortho intramolecular Hbond substituents is 1. The summed E-state index contributed by atoms with van der Waals surface area (Å²) in [4.78, 5) is 11.2. The Bertz CT molecular complexity index is 571. The largest absolute Gasteiger partial charge is 0.506 e. The second-order valence-corrected chi connectivity index (χ2v) is 5.76. The van der Waals surface area contributed by atoms with Gasteiger partial charge in [0.2, 0.25) is 15.9 Å². The highest BCUT2D eigenvalue weighted by atomic mass is 32.2. The van der Waals surface area contributed by atoms with Gasteiger partial charge in [-0.2, -0.15) is 4.31 Å². The van der Waals surface area contributed by atoms with E-state index in [1.54, 1.807) is 6.92 Å². The molecule has 4 N–H and O–H groups in total. The number of phenols is 1. The fraction of sp³-hybridized carbons (Fsp3) is 0.364. The van der Waals surface area contributed by atoms with Crippen LogP contribution in [-0.4, -0.2) is 43.9 Å². The number of carbonyl (C=O) groups is 1. The number of hydrogen-bond acceptors (Lipinski definition) is 5. The summed E-state index contributed by atoms with van der Waals surface area (Å²) < 4.78 is 25.6. The summed E-state index contributed by atoms with van der Waals surface area (Å²) in [6.45, 7) is 1.51. The molecule has 0 aromatic heterocycles. The van der Waals surface area contributed by atoms with Gasteiger partial charge < -0.3 is 16.2 Å². The Balaban J connectivity index is 3.13. The minimum atomic E-state index is -3.81. The van der Waals surface area contributed by atoms with Gasteiger partial charge in [-0.1, -0.05) is 6.92 Å². The lowest BCUT2D eigenvalue weighted by atomic mass is 10.3. The number of nitrogens with two attached hydrogens (primary N) is 1. The standard InChI is InChI=1S/C11H17N3O4S/c1-3-14(7-11(16)13-2)19(17,18)8-4-5-10(15)9(12)6-8/h4-6,15H,3,7,12H2,1-2H3,(H,13,16). The molecule has 0 atom stereocenters. The van der Waals surface area contributed by atoms with E-state index in [9.17, 15) is 18.3 Å². The molecule has 7 nitrogen and oxygen atoms in total. The molecular formula is C11H17N3O4S. The normalized spacial score (nSPS) is 11.5. The average molecular weight is 287 g/mol. The molecule has 1 rings (SSSR count). The lowest BCUT2D eigenvalue weighted by Crippen LogP contribution is -2.39. The molecule has 0 aliphatic rings. The average Bonchev–Trinajstić information content (AvgIpc) is 2.38. The van der Waals surface area contributed by atoms with Gasteiger partial charge in [0.1, 0.15) is 5.75 Å². The summed E-state index contributed by atoms with van der Waals surface area (Å²) in [5.41, 5.74) is 5.44. The summed E-state index contributed by atoms with van der Waals surface area (Å²) >= 11 is 0. The fourth-order valence-corrected chi connectivity index (χ4v) is 2.89. The highest BCUT2D eigenvalue weighted by molar-refractivity contribution is 7.89. The number of anilines is 1. The third kappa shape index (κ3) is 3.36. The van der Waals surface area contributed by atoms with Crippen molar-refractivity contribution in [3.8, 4) is 5.75 Å². The van der Waals surface area contributed by atoms with Crippen LogP contribution in [0.2, 0.25) is 0 Å². The molecule has 0 fully saturated rings. The molecule has 0 saturated carbocycles. The fourth-order valence-electron chi connectivity index (χ4n) is 1.45. The van der Waals surface area contributed by atoms with Crippen molar-refractivity contribution in [2.24, 2.45) is 0 Å². The van der Waals surface area contributed by atoms with Crippen LogP contribution in [0.3, 0.4) is 0 Å². The number of carbonyl (C=O) groups excluding carboxylic acids is 1. The van der Waals surface area contributed by atoms with E-state index in [2.05, 4.69) is 5.32 Å². The number of nitrogen functional groups attached to an aromatic ring is 1. The second-order valence-electron chi connectivity index (χ2n) is 3.83. The highest BCUT2D eigenvalue weighted by Crippen LogP contribution is 2.25. The molecular weight excluding hydrogens is 270 g/mol. The van der Waals surface area contributed by atoms with Crippen LogP contribution in [0.25, 0.3) is 0 Å². The first-order valence-electron chi connectivity index (χ1n) is 5.62. The Kier molecular flexibility index (Phi) is 4.73. The maximum atomic E-state index is 12.3. The zero-order valence-electron chi connectivity index (χ0n) is 10.8. The van der Waals surface area contributed by atoms with Gasteiger partial charge in [-0.3, -0.25) is 4.79 Å². The van der Waals surface area contributed by atoms with E-state index in [-0.39, 0.29) is 29.4 Å². The van der Waals surface area contributed by atoms with Gasteiger partial charge in [0, 0.05) is 13.6 Å². The zero-order valence-corrected chi connectivity index (χ0v) is 11.6. The molecule has 8 heteroatoms. The lowest BCUT2D eigenvalue weighted by molar-refractivity contribution is -0.120. The van der Waals surface area contributed by atoms with Crippen molar-refractivity contribution >= 4 is 21.6 Å². The van der Waals surface area contributed by atoms with Crippen LogP contribution in [-0.2, 0) is 14.8 Å². The number of nitrogens with zero attached hydrogens (tertiary/aromatic N) is 1. The summed E-state index contributed by atoms with van der Waals surface area (Å²) in [6.07, 6.45) is 0. The van der Waals surface area contributed by atoms with Gasteiger partial charge in [0.25, 0.3) is 0 Å². The first-order chi connectivity index (χ1) is 8.82. The van der Waals surface area contributed by atoms with Crippen molar-refractivity contribution in [1.82, 2.24) is 9.62 Å². The van der Waals surface area contributed by atoms with Gasteiger partial charge in [-0.05, 0) is 18.2 Å². The van der Waals surface area contributed by atoms with Crippen molar-refractivity contribution in [1.29, 1.82) is 0 Å². The zero-order chi connectivity index (χ0) is 14.6. The Morgan fingerprint density at radius 2 is 2.11 bits per heavy atom. The monoisotopic (exact) mass is 287 g/mol. The smallest absolute Gasteiger partial charge is 0.243 e. The van der Waals surface area contributed by atoms with E-state index in [4.69, 9.17) is 5.73 Å². The van der Waals surface area contributed by atoms with Gasteiger partial charge in [0.15, 0.2) is 0 Å². The second kappa shape index (κ2) is 5.89. The van der Waals surface area contributed by atoms with E-state index in [1.807, 2.05) is 0 Å². The van der Waals surface area contributed by atoms with E-state index >= 15 is 0 Å². The highest BCUT2D eigenvalue weighted by Gasteiger charge is 2.25. The van der Waals surface area contributed by atoms with E-state index in [1.165, 1.54) is 19.2 Å². The summed E-state index contributed by atoms with van der Waals surface area (Å²) in [5, 5.41) is 11.7. The van der Waals surface area contributed by atoms with Gasteiger partial charge in [-0.25, -0.2) is 8.42 Å². The summed E-state index contributed by atoms with van der Waals surface area (Å²) in [5.74, 6) is -0.592. The van der Waals surface area contributed by atoms with Gasteiger partial charge in [-0.15, -0.1) is 0 Å². The van der Waals surface area contributed by atoms with E-state index in [0.717, 1.165) is 10.4 Å². The number of benzene rings is 1. The van der Waals surface area contributed by atoms with Crippen molar-refractivity contribution in [2.45, 2.75) is 11.8 Å². The van der Waals surface area contributed by atoms with Crippen molar-refractivity contribution in [3.05, 3.63) is 18.2 Å². The van der Waals surface area contributed by atoms with Crippen LogP contribution >= 0.6 is 0 Å². The molecule has 0 unspecified atom stereocenters. The van der Waals surface area contributed by atoms with Crippen LogP contribution in [0, 0.1) is 0 Å². The molecule has 0 aliphatic carbocycles. The number of aromatic hydroxyl groups is 1. The molecule has 0 spiro atoms. The first-order valence-corrected chi connectivity index (χ1v) is 7.06. The minimum absolute atomic E-state index is 0.0305. The number of nitrogens with one attached hydrogen (secondary N) is 1. The van der Waals surface area contributed by atoms with Crippen LogP contribution in [0.4, 0.5) is 5.69 Å². The third-order valence-electron chi connectivity index (χ3n) is 2.59. The molecule has 0 saturated heterocycles. The predicted molar refractivity (Wildman–Crippen MR) is 71.0 cm³/mol. The molecule has 1 aromatic carbocycles. The minimum Gasteiger partial charge on any atom is -0.506 e. The Labute approximate surface area is 112 Å². The molecule has 0 radical (unpaired) electrons. The van der Waals surface area contributed by atoms with Crippen LogP contribution in [0.5, 0.6) is 5.75 Å². The molecule has 106 valence electrons. The molecule has 0 aliphatic heterocycles. The van der Waals surface area contributed by atoms with Crippen LogP contribution in [0.15, 0.2) is 23.1 Å². The van der Waals surface area contributed by atoms with E-state index in [0.29, 0.717) is 0 Å². The molecule has 0 heterocycles. The Morgan fingerprint density at radius 1 is 1.47 bits per heavy atom. The third-order valence-corrected chi connectivity index (χ3v) is 4.51. The Morgan fingerprint density at radius 3 is 2.58 bits per heavy atom. The number of likely N-dealkylation sites (N-methyl/N-ethyl adjacent to an activating group) is 2. The van der Waals surface area contributed by atoms with Gasteiger partial charge in [0.05, 0.1) is 17.1 Å². The molecule has 1 amide bonds. The molecule has 19 heavy (non-hydrogen) atoms.